The molecular weight excluding hydrogens is 94.0 g/mol. The fraction of sp³-hybridized carbons (Fsp3) is 0.500. The molecule has 0 bridgehead atoms. The van der Waals surface area contributed by atoms with Crippen molar-refractivity contribution in [1.82, 2.24) is 5.48 Å². The summed E-state index contributed by atoms with van der Waals surface area (Å²) in [5.41, 5.74) is 2.57. The van der Waals surface area contributed by atoms with Gasteiger partial charge in [0, 0.05) is 7.11 Å². The van der Waals surface area contributed by atoms with Crippen molar-refractivity contribution in [2.45, 2.75) is 6.23 Å². The lowest BCUT2D eigenvalue weighted by Gasteiger charge is -2.01. The molecule has 0 aromatic heterocycles. The van der Waals surface area contributed by atoms with Gasteiger partial charge in [-0.15, -0.1) is 5.48 Å². The van der Waals surface area contributed by atoms with Gasteiger partial charge in [0.05, 0.1) is 0 Å². The largest absolute Gasteiger partial charge is 0.414 e. The lowest BCUT2D eigenvalue weighted by atomic mass is 10.6. The number of rotatable bonds is 1. The van der Waals surface area contributed by atoms with Crippen molar-refractivity contribution in [2.24, 2.45) is 0 Å². The molecule has 1 rings (SSSR count). The van der Waals surface area contributed by atoms with Crippen molar-refractivity contribution in [3.05, 3.63) is 12.3 Å². The van der Waals surface area contributed by atoms with Gasteiger partial charge in [-0.05, 0) is 6.08 Å². The maximum atomic E-state index is 4.79. The zero-order valence-corrected chi connectivity index (χ0v) is 4.05. The molecule has 0 fully saturated rings. The Labute approximate surface area is 41.9 Å². The number of hydrogen-bond donors (Lipinski definition) is 1. The Hall–Kier alpha value is -0.540. The molecule has 0 aromatic carbocycles. The Bertz CT molecular complexity index is 81.8. The SMILES string of the molecule is COC1C=CON1. The van der Waals surface area contributed by atoms with Crippen molar-refractivity contribution in [1.29, 1.82) is 0 Å². The average molecular weight is 101 g/mol. The minimum Gasteiger partial charge on any atom is -0.414 e. The van der Waals surface area contributed by atoms with E-state index < -0.39 is 0 Å². The van der Waals surface area contributed by atoms with Gasteiger partial charge in [-0.3, -0.25) is 0 Å². The molecular formula is C4H7NO2. The van der Waals surface area contributed by atoms with Gasteiger partial charge in [0.2, 0.25) is 0 Å². The molecule has 7 heavy (non-hydrogen) atoms. The van der Waals surface area contributed by atoms with Gasteiger partial charge in [-0.25, -0.2) is 0 Å². The molecule has 1 atom stereocenters. The number of hydroxylamine groups is 1. The predicted octanol–water partition coefficient (Wildman–Crippen LogP) is 0.00740. The first-order chi connectivity index (χ1) is 3.43. The van der Waals surface area contributed by atoms with E-state index in [-0.39, 0.29) is 6.23 Å². The maximum absolute atomic E-state index is 4.79. The molecule has 3 nitrogen and oxygen atoms in total. The quantitative estimate of drug-likeness (QED) is 0.504. The van der Waals surface area contributed by atoms with E-state index in [0.717, 1.165) is 0 Å². The van der Waals surface area contributed by atoms with Gasteiger partial charge in [0.1, 0.15) is 6.26 Å². The van der Waals surface area contributed by atoms with Crippen LogP contribution in [0.2, 0.25) is 0 Å². The van der Waals surface area contributed by atoms with E-state index in [0.29, 0.717) is 0 Å². The van der Waals surface area contributed by atoms with Crippen LogP contribution in [0.25, 0.3) is 0 Å². The lowest BCUT2D eigenvalue weighted by molar-refractivity contribution is 0.0171. The van der Waals surface area contributed by atoms with E-state index >= 15 is 0 Å². The molecule has 0 amide bonds. The molecule has 1 N–H and O–H groups in total. The molecule has 1 heterocycles. The molecule has 3 heteroatoms. The summed E-state index contributed by atoms with van der Waals surface area (Å²) in [5.74, 6) is 0. The number of nitrogens with one attached hydrogen (secondary N) is 1. The molecule has 0 saturated carbocycles. The van der Waals surface area contributed by atoms with E-state index in [4.69, 9.17) is 4.74 Å². The van der Waals surface area contributed by atoms with Gasteiger partial charge in [0.15, 0.2) is 6.23 Å². The van der Waals surface area contributed by atoms with Crippen LogP contribution >= 0.6 is 0 Å². The minimum atomic E-state index is -0.0556. The summed E-state index contributed by atoms with van der Waals surface area (Å²) in [6.45, 7) is 0. The van der Waals surface area contributed by atoms with Crippen LogP contribution in [0.4, 0.5) is 0 Å². The van der Waals surface area contributed by atoms with Crippen molar-refractivity contribution in [2.75, 3.05) is 7.11 Å². The molecule has 0 spiro atoms. The Morgan fingerprint density at radius 1 is 1.86 bits per heavy atom. The van der Waals surface area contributed by atoms with E-state index in [1.165, 1.54) is 0 Å². The van der Waals surface area contributed by atoms with Gasteiger partial charge >= 0.3 is 0 Å². The molecule has 0 aromatic rings. The Balaban J connectivity index is 2.28. The van der Waals surface area contributed by atoms with Gasteiger partial charge < -0.3 is 9.57 Å². The van der Waals surface area contributed by atoms with Crippen LogP contribution in [0.1, 0.15) is 0 Å². The summed E-state index contributed by atoms with van der Waals surface area (Å²) in [4.78, 5) is 4.59. The normalized spacial score (nSPS) is 27.9. The lowest BCUT2D eigenvalue weighted by Crippen LogP contribution is -2.21. The van der Waals surface area contributed by atoms with Crippen LogP contribution in [0.15, 0.2) is 12.3 Å². The summed E-state index contributed by atoms with van der Waals surface area (Å²) in [6.07, 6.45) is 3.27. The number of methoxy groups -OCH3 is 1. The molecule has 0 radical (unpaired) electrons. The monoisotopic (exact) mass is 101 g/mol. The topological polar surface area (TPSA) is 30.5 Å². The number of ether oxygens (including phenoxy) is 1. The molecule has 1 aliphatic rings. The van der Waals surface area contributed by atoms with Crippen molar-refractivity contribution in [3.8, 4) is 0 Å². The zero-order valence-electron chi connectivity index (χ0n) is 4.05. The smallest absolute Gasteiger partial charge is 0.161 e. The summed E-state index contributed by atoms with van der Waals surface area (Å²) >= 11 is 0. The Morgan fingerprint density at radius 2 is 2.71 bits per heavy atom. The third-order valence-electron chi connectivity index (χ3n) is 0.760. The number of hydrogen-bond acceptors (Lipinski definition) is 3. The molecule has 1 unspecified atom stereocenters. The highest BCUT2D eigenvalue weighted by Crippen LogP contribution is 1.94. The third kappa shape index (κ3) is 0.913. The predicted molar refractivity (Wildman–Crippen MR) is 24.2 cm³/mol. The van der Waals surface area contributed by atoms with Gasteiger partial charge in [-0.1, -0.05) is 0 Å². The van der Waals surface area contributed by atoms with Gasteiger partial charge in [-0.2, -0.15) is 0 Å². The van der Waals surface area contributed by atoms with Crippen LogP contribution in [0.3, 0.4) is 0 Å². The summed E-state index contributed by atoms with van der Waals surface area (Å²) in [6, 6.07) is 0. The van der Waals surface area contributed by atoms with Crippen LogP contribution in [-0.2, 0) is 9.57 Å². The van der Waals surface area contributed by atoms with E-state index in [1.807, 2.05) is 0 Å². The zero-order chi connectivity index (χ0) is 5.11. The van der Waals surface area contributed by atoms with Crippen molar-refractivity contribution >= 4 is 0 Å². The minimum absolute atomic E-state index is 0.0556. The van der Waals surface area contributed by atoms with E-state index in [2.05, 4.69) is 10.3 Å². The van der Waals surface area contributed by atoms with Crippen LogP contribution in [0, 0.1) is 0 Å². The second-order valence-electron chi connectivity index (χ2n) is 1.22. The van der Waals surface area contributed by atoms with Gasteiger partial charge in [0.25, 0.3) is 0 Å². The summed E-state index contributed by atoms with van der Waals surface area (Å²) in [5, 5.41) is 0. The average Bonchev–Trinajstić information content (AvgIpc) is 2.14. The molecule has 0 saturated heterocycles. The second kappa shape index (κ2) is 1.95. The van der Waals surface area contributed by atoms with Crippen molar-refractivity contribution < 1.29 is 9.57 Å². The fourth-order valence-corrected chi connectivity index (χ4v) is 0.383. The highest BCUT2D eigenvalue weighted by molar-refractivity contribution is 4.84. The summed E-state index contributed by atoms with van der Waals surface area (Å²) < 4.78 is 4.79. The fourth-order valence-electron chi connectivity index (χ4n) is 0.383. The maximum Gasteiger partial charge on any atom is 0.161 e. The molecule has 40 valence electrons. The van der Waals surface area contributed by atoms with Crippen LogP contribution in [0.5, 0.6) is 0 Å². The third-order valence-corrected chi connectivity index (χ3v) is 0.760. The van der Waals surface area contributed by atoms with Crippen LogP contribution < -0.4 is 5.48 Å². The Morgan fingerprint density at radius 3 is 3.00 bits per heavy atom. The highest BCUT2D eigenvalue weighted by atomic mass is 16.7. The van der Waals surface area contributed by atoms with Crippen LogP contribution in [-0.4, -0.2) is 13.3 Å². The second-order valence-corrected chi connectivity index (χ2v) is 1.22. The molecule has 1 aliphatic heterocycles. The summed E-state index contributed by atoms with van der Waals surface area (Å²) in [7, 11) is 1.61. The first kappa shape index (κ1) is 4.61. The Kier molecular flexibility index (Phi) is 1.29. The van der Waals surface area contributed by atoms with E-state index in [1.54, 1.807) is 19.4 Å². The van der Waals surface area contributed by atoms with E-state index in [9.17, 15) is 0 Å². The van der Waals surface area contributed by atoms with Crippen molar-refractivity contribution in [3.63, 3.8) is 0 Å². The highest BCUT2D eigenvalue weighted by Gasteiger charge is 2.04. The molecule has 0 aliphatic carbocycles. The standard InChI is InChI=1S/C4H7NO2/c1-6-4-2-3-7-5-4/h2-5H,1H3. The first-order valence-corrected chi connectivity index (χ1v) is 2.04. The first-order valence-electron chi connectivity index (χ1n) is 2.04.